The van der Waals surface area contributed by atoms with Gasteiger partial charge >= 0.3 is 5.97 Å². The number of carboxylic acids is 1. The molecule has 0 bridgehead atoms. The van der Waals surface area contributed by atoms with Crippen LogP contribution in [0.3, 0.4) is 0 Å². The molecule has 7 heteroatoms. The van der Waals surface area contributed by atoms with Crippen LogP contribution in [0.15, 0.2) is 66.9 Å². The molecule has 3 aromatic rings. The summed E-state index contributed by atoms with van der Waals surface area (Å²) in [5.74, 6) is 0.823. The Bertz CT molecular complexity index is 1250. The first-order valence-electron chi connectivity index (χ1n) is 12.3. The fourth-order valence-corrected chi connectivity index (χ4v) is 5.13. The molecule has 3 heterocycles. The van der Waals surface area contributed by atoms with Gasteiger partial charge in [0, 0.05) is 28.9 Å². The van der Waals surface area contributed by atoms with Crippen LogP contribution < -0.4 is 9.47 Å². The van der Waals surface area contributed by atoms with Crippen molar-refractivity contribution in [2.24, 2.45) is 0 Å². The zero-order valence-electron chi connectivity index (χ0n) is 20.0. The molecule has 0 aliphatic carbocycles. The number of aliphatic carboxylic acids is 1. The molecule has 5 rings (SSSR count). The van der Waals surface area contributed by atoms with E-state index in [0.29, 0.717) is 18.3 Å². The van der Waals surface area contributed by atoms with Gasteiger partial charge in [-0.3, -0.25) is 4.98 Å². The van der Waals surface area contributed by atoms with Crippen LogP contribution in [0.1, 0.15) is 47.6 Å². The summed E-state index contributed by atoms with van der Waals surface area (Å²) in [6.07, 6.45) is 7.20. The highest BCUT2D eigenvalue weighted by molar-refractivity contribution is 6.30. The Labute approximate surface area is 216 Å². The van der Waals surface area contributed by atoms with Crippen LogP contribution in [0.25, 0.3) is 5.57 Å². The standard InChI is InChI=1S/C29H29ClN2O4/c30-22-7-5-20(6-8-22)21-11-15-32(16-12-21)14-2-4-24-25-3-1-13-31-27(25)18-36-28-10-9-23(17-26(24)28)35-19-29(33)34/h1,3-10,13,17,21H,2,11-12,14-16,18-19H2,(H,33,34)/b24-4+. The number of aromatic nitrogens is 1. The fourth-order valence-electron chi connectivity index (χ4n) is 5.01. The van der Waals surface area contributed by atoms with E-state index in [9.17, 15) is 4.79 Å². The molecule has 1 saturated heterocycles. The summed E-state index contributed by atoms with van der Waals surface area (Å²) in [5.41, 5.74) is 5.24. The summed E-state index contributed by atoms with van der Waals surface area (Å²) in [5, 5.41) is 9.78. The quantitative estimate of drug-likeness (QED) is 0.439. The average molecular weight is 505 g/mol. The third-order valence-corrected chi connectivity index (χ3v) is 7.12. The molecule has 1 aromatic heterocycles. The van der Waals surface area contributed by atoms with Gasteiger partial charge in [-0.25, -0.2) is 4.79 Å². The van der Waals surface area contributed by atoms with Crippen LogP contribution >= 0.6 is 11.6 Å². The first-order chi connectivity index (χ1) is 17.6. The van der Waals surface area contributed by atoms with Crippen LogP contribution in [0.2, 0.25) is 5.02 Å². The van der Waals surface area contributed by atoms with Crippen LogP contribution in [-0.2, 0) is 11.4 Å². The maximum absolute atomic E-state index is 11.0. The Balaban J connectivity index is 1.31. The molecule has 2 aromatic carbocycles. The lowest BCUT2D eigenvalue weighted by atomic mass is 9.89. The van der Waals surface area contributed by atoms with Crippen molar-refractivity contribution in [2.45, 2.75) is 31.8 Å². The number of carboxylic acid groups (broad SMARTS) is 1. The molecule has 1 fully saturated rings. The van der Waals surface area contributed by atoms with E-state index in [4.69, 9.17) is 26.2 Å². The van der Waals surface area contributed by atoms with Crippen molar-refractivity contribution in [2.75, 3.05) is 26.2 Å². The van der Waals surface area contributed by atoms with Crippen molar-refractivity contribution in [1.82, 2.24) is 9.88 Å². The van der Waals surface area contributed by atoms with Crippen LogP contribution in [0.5, 0.6) is 11.5 Å². The van der Waals surface area contributed by atoms with E-state index < -0.39 is 5.97 Å². The molecule has 0 saturated carbocycles. The SMILES string of the molecule is O=C(O)COc1ccc2c(c1)/C(=C/CCN1CCC(c3ccc(Cl)cc3)CC1)c1cccnc1CO2. The molecule has 0 radical (unpaired) electrons. The number of ether oxygens (including phenoxy) is 2. The minimum absolute atomic E-state index is 0.383. The number of rotatable bonds is 7. The number of hydrogen-bond donors (Lipinski definition) is 1. The van der Waals surface area contributed by atoms with Gasteiger partial charge < -0.3 is 19.5 Å². The van der Waals surface area contributed by atoms with Gasteiger partial charge in [-0.05, 0) is 85.8 Å². The van der Waals surface area contributed by atoms with Gasteiger partial charge in [0.2, 0.25) is 0 Å². The zero-order valence-corrected chi connectivity index (χ0v) is 20.8. The number of halogens is 1. The van der Waals surface area contributed by atoms with Crippen molar-refractivity contribution in [3.8, 4) is 11.5 Å². The summed E-state index contributed by atoms with van der Waals surface area (Å²) >= 11 is 6.05. The van der Waals surface area contributed by atoms with Crippen molar-refractivity contribution >= 4 is 23.1 Å². The number of pyridine rings is 1. The topological polar surface area (TPSA) is 71.9 Å². The Morgan fingerprint density at radius 3 is 2.72 bits per heavy atom. The van der Waals surface area contributed by atoms with E-state index >= 15 is 0 Å². The number of nitrogens with zero attached hydrogens (tertiary/aromatic N) is 2. The largest absolute Gasteiger partial charge is 0.487 e. The van der Waals surface area contributed by atoms with Gasteiger partial charge in [0.05, 0.1) is 5.69 Å². The third-order valence-electron chi connectivity index (χ3n) is 6.87. The Morgan fingerprint density at radius 1 is 1.14 bits per heavy atom. The summed E-state index contributed by atoms with van der Waals surface area (Å²) in [7, 11) is 0. The molecular weight excluding hydrogens is 476 g/mol. The number of likely N-dealkylation sites (tertiary alicyclic amines) is 1. The molecule has 6 nitrogen and oxygen atoms in total. The van der Waals surface area contributed by atoms with Gasteiger partial charge in [0.25, 0.3) is 0 Å². The highest BCUT2D eigenvalue weighted by atomic mass is 35.5. The molecule has 1 N–H and O–H groups in total. The van der Waals surface area contributed by atoms with Crippen molar-refractivity contribution in [1.29, 1.82) is 0 Å². The van der Waals surface area contributed by atoms with Crippen LogP contribution in [0, 0.1) is 0 Å². The van der Waals surface area contributed by atoms with Gasteiger partial charge in [0.1, 0.15) is 18.1 Å². The molecule has 0 amide bonds. The minimum Gasteiger partial charge on any atom is -0.487 e. The predicted octanol–water partition coefficient (Wildman–Crippen LogP) is 5.79. The summed E-state index contributed by atoms with van der Waals surface area (Å²) in [6.45, 7) is 3.11. The monoisotopic (exact) mass is 504 g/mol. The molecule has 36 heavy (non-hydrogen) atoms. The van der Waals surface area contributed by atoms with E-state index in [1.165, 1.54) is 5.56 Å². The number of piperidine rings is 1. The Morgan fingerprint density at radius 2 is 1.94 bits per heavy atom. The van der Waals surface area contributed by atoms with Gasteiger partial charge in [-0.15, -0.1) is 0 Å². The molecule has 0 unspecified atom stereocenters. The second-order valence-electron chi connectivity index (χ2n) is 9.20. The number of carbonyl (C=O) groups is 1. The van der Waals surface area contributed by atoms with E-state index in [0.717, 1.165) is 72.1 Å². The van der Waals surface area contributed by atoms with E-state index in [-0.39, 0.29) is 6.61 Å². The molecule has 0 spiro atoms. The highest BCUT2D eigenvalue weighted by Crippen LogP contribution is 2.38. The summed E-state index contributed by atoms with van der Waals surface area (Å²) < 4.78 is 11.5. The van der Waals surface area contributed by atoms with Gasteiger partial charge in [-0.1, -0.05) is 35.9 Å². The normalized spacial score (nSPS) is 17.1. The summed E-state index contributed by atoms with van der Waals surface area (Å²) in [4.78, 5) is 18.0. The molecule has 2 aliphatic heterocycles. The first-order valence-corrected chi connectivity index (χ1v) is 12.7. The lowest BCUT2D eigenvalue weighted by Gasteiger charge is -2.32. The van der Waals surface area contributed by atoms with Gasteiger partial charge in [0.15, 0.2) is 6.61 Å². The zero-order chi connectivity index (χ0) is 24.9. The Kier molecular flexibility index (Phi) is 7.54. The van der Waals surface area contributed by atoms with Crippen molar-refractivity contribution in [3.05, 3.63) is 94.3 Å². The Hall–Kier alpha value is -3.35. The average Bonchev–Trinajstić information content (AvgIpc) is 3.05. The van der Waals surface area contributed by atoms with E-state index in [1.54, 1.807) is 12.3 Å². The third kappa shape index (κ3) is 5.72. The van der Waals surface area contributed by atoms with Crippen molar-refractivity contribution < 1.29 is 19.4 Å². The fraction of sp³-hybridized carbons (Fsp3) is 0.310. The van der Waals surface area contributed by atoms with E-state index in [2.05, 4.69) is 34.2 Å². The minimum atomic E-state index is -1.01. The number of benzene rings is 2. The lowest BCUT2D eigenvalue weighted by molar-refractivity contribution is -0.139. The second-order valence-corrected chi connectivity index (χ2v) is 9.64. The van der Waals surface area contributed by atoms with E-state index in [1.807, 2.05) is 30.3 Å². The lowest BCUT2D eigenvalue weighted by Crippen LogP contribution is -2.33. The highest BCUT2D eigenvalue weighted by Gasteiger charge is 2.22. The molecular formula is C29H29ClN2O4. The predicted molar refractivity (Wildman–Crippen MR) is 140 cm³/mol. The molecule has 0 atom stereocenters. The smallest absolute Gasteiger partial charge is 0.341 e. The molecule has 186 valence electrons. The number of hydrogen-bond acceptors (Lipinski definition) is 5. The van der Waals surface area contributed by atoms with Crippen LogP contribution in [0.4, 0.5) is 0 Å². The second kappa shape index (κ2) is 11.1. The summed E-state index contributed by atoms with van der Waals surface area (Å²) in [6, 6.07) is 17.7. The number of fused-ring (bicyclic) bond motifs is 2. The van der Waals surface area contributed by atoms with Crippen molar-refractivity contribution in [3.63, 3.8) is 0 Å². The maximum Gasteiger partial charge on any atom is 0.341 e. The van der Waals surface area contributed by atoms with Crippen LogP contribution in [-0.4, -0.2) is 47.2 Å². The molecule has 2 aliphatic rings. The maximum atomic E-state index is 11.0. The first kappa shape index (κ1) is 24.3. The van der Waals surface area contributed by atoms with Gasteiger partial charge in [-0.2, -0.15) is 0 Å².